The van der Waals surface area contributed by atoms with Gasteiger partial charge in [-0.3, -0.25) is 4.79 Å². The van der Waals surface area contributed by atoms with Crippen molar-refractivity contribution in [3.63, 3.8) is 0 Å². The van der Waals surface area contributed by atoms with Gasteiger partial charge < -0.3 is 10.6 Å². The predicted octanol–water partition coefficient (Wildman–Crippen LogP) is 2.55. The third kappa shape index (κ3) is 5.01. The van der Waals surface area contributed by atoms with Gasteiger partial charge in [-0.2, -0.15) is 13.2 Å². The van der Waals surface area contributed by atoms with Crippen LogP contribution in [0, 0.1) is 11.8 Å². The lowest BCUT2D eigenvalue weighted by Crippen LogP contribution is -2.43. The van der Waals surface area contributed by atoms with E-state index in [0.29, 0.717) is 18.9 Å². The second-order valence-electron chi connectivity index (χ2n) is 5.30. The van der Waals surface area contributed by atoms with Crippen molar-refractivity contribution in [1.82, 2.24) is 4.90 Å². The van der Waals surface area contributed by atoms with E-state index in [1.54, 1.807) is 0 Å². The van der Waals surface area contributed by atoms with Crippen molar-refractivity contribution in [2.75, 3.05) is 19.6 Å². The fraction of sp³-hybridized carbons (Fsp3) is 0.923. The van der Waals surface area contributed by atoms with Gasteiger partial charge in [0.15, 0.2) is 0 Å². The molecule has 2 N–H and O–H groups in total. The van der Waals surface area contributed by atoms with Gasteiger partial charge >= 0.3 is 6.18 Å². The molecule has 0 saturated carbocycles. The average Bonchev–Trinajstić information content (AvgIpc) is 2.49. The van der Waals surface area contributed by atoms with Crippen LogP contribution in [-0.4, -0.2) is 36.6 Å². The second kappa shape index (κ2) is 7.12. The van der Waals surface area contributed by atoms with Crippen molar-refractivity contribution < 1.29 is 18.0 Å². The second-order valence-corrected chi connectivity index (χ2v) is 5.30. The number of likely N-dealkylation sites (tertiary alicyclic amines) is 1. The van der Waals surface area contributed by atoms with Gasteiger partial charge in [-0.15, -0.1) is 0 Å². The monoisotopic (exact) mass is 280 g/mol. The Morgan fingerprint density at radius 3 is 2.63 bits per heavy atom. The molecule has 2 unspecified atom stereocenters. The first-order valence-corrected chi connectivity index (χ1v) is 6.93. The van der Waals surface area contributed by atoms with Gasteiger partial charge in [-0.05, 0) is 18.8 Å². The quantitative estimate of drug-likeness (QED) is 0.841. The van der Waals surface area contributed by atoms with E-state index in [1.807, 2.05) is 0 Å². The number of nitrogens with zero attached hydrogens (tertiary/aromatic N) is 1. The molecule has 1 saturated heterocycles. The van der Waals surface area contributed by atoms with E-state index < -0.39 is 18.6 Å². The summed E-state index contributed by atoms with van der Waals surface area (Å²) in [7, 11) is 0. The summed E-state index contributed by atoms with van der Waals surface area (Å²) in [5.74, 6) is -1.32. The van der Waals surface area contributed by atoms with Crippen molar-refractivity contribution in [3.8, 4) is 0 Å². The molecule has 0 aromatic carbocycles. The van der Waals surface area contributed by atoms with Gasteiger partial charge in [0.05, 0.1) is 5.92 Å². The Morgan fingerprint density at radius 1 is 1.42 bits per heavy atom. The topological polar surface area (TPSA) is 46.3 Å². The number of carbonyl (C=O) groups is 1. The van der Waals surface area contributed by atoms with Crippen LogP contribution in [0.1, 0.15) is 39.0 Å². The van der Waals surface area contributed by atoms with E-state index in [0.717, 1.165) is 25.7 Å². The van der Waals surface area contributed by atoms with Gasteiger partial charge in [-0.1, -0.05) is 19.8 Å². The highest BCUT2D eigenvalue weighted by molar-refractivity contribution is 5.76. The molecule has 3 nitrogen and oxygen atoms in total. The molecule has 1 fully saturated rings. The number of alkyl halides is 3. The third-order valence-corrected chi connectivity index (χ3v) is 3.81. The minimum absolute atomic E-state index is 0.165. The highest BCUT2D eigenvalue weighted by Gasteiger charge is 2.40. The van der Waals surface area contributed by atoms with Crippen molar-refractivity contribution >= 4 is 5.91 Å². The molecular formula is C13H23F3N2O. The zero-order valence-corrected chi connectivity index (χ0v) is 11.4. The number of halogens is 3. The Hall–Kier alpha value is -0.780. The van der Waals surface area contributed by atoms with Crippen molar-refractivity contribution in [2.24, 2.45) is 17.6 Å². The first-order chi connectivity index (χ1) is 8.88. The Labute approximate surface area is 112 Å². The first-order valence-electron chi connectivity index (χ1n) is 6.93. The molecule has 112 valence electrons. The summed E-state index contributed by atoms with van der Waals surface area (Å²) in [4.78, 5) is 13.2. The van der Waals surface area contributed by atoms with Gasteiger partial charge in [0.25, 0.3) is 0 Å². The molecule has 1 rings (SSSR count). The lowest BCUT2D eigenvalue weighted by molar-refractivity contribution is -0.177. The Bertz CT molecular complexity index is 294. The van der Waals surface area contributed by atoms with Crippen LogP contribution in [0.3, 0.4) is 0 Å². The molecule has 1 heterocycles. The third-order valence-electron chi connectivity index (χ3n) is 3.81. The van der Waals surface area contributed by atoms with Crippen LogP contribution in [0.25, 0.3) is 0 Å². The van der Waals surface area contributed by atoms with Crippen LogP contribution in [-0.2, 0) is 4.79 Å². The van der Waals surface area contributed by atoms with E-state index in [1.165, 1.54) is 4.90 Å². The van der Waals surface area contributed by atoms with Gasteiger partial charge in [-0.25, -0.2) is 0 Å². The highest BCUT2D eigenvalue weighted by atomic mass is 19.4. The normalized spacial score (nSPS) is 23.3. The van der Waals surface area contributed by atoms with Gasteiger partial charge in [0, 0.05) is 26.1 Å². The van der Waals surface area contributed by atoms with E-state index >= 15 is 0 Å². The summed E-state index contributed by atoms with van der Waals surface area (Å²) in [5, 5.41) is 0. The van der Waals surface area contributed by atoms with Crippen LogP contribution in [0.5, 0.6) is 0 Å². The number of nitrogens with two attached hydrogens (primary N) is 1. The summed E-state index contributed by atoms with van der Waals surface area (Å²) >= 11 is 0. The number of hydrogen-bond donors (Lipinski definition) is 1. The minimum atomic E-state index is -4.33. The largest absolute Gasteiger partial charge is 0.394 e. The molecule has 2 atom stereocenters. The molecule has 0 aliphatic carbocycles. The molecular weight excluding hydrogens is 257 g/mol. The van der Waals surface area contributed by atoms with Crippen LogP contribution < -0.4 is 5.73 Å². The number of amides is 1. The number of hydrogen-bond acceptors (Lipinski definition) is 2. The van der Waals surface area contributed by atoms with Crippen LogP contribution >= 0.6 is 0 Å². The number of carbonyl (C=O) groups excluding carboxylic acids is 1. The van der Waals surface area contributed by atoms with Crippen LogP contribution in [0.15, 0.2) is 0 Å². The molecule has 1 aliphatic heterocycles. The Kier molecular flexibility index (Phi) is 6.10. The van der Waals surface area contributed by atoms with Crippen LogP contribution in [0.2, 0.25) is 0 Å². The molecule has 0 spiro atoms. The molecule has 1 amide bonds. The molecule has 19 heavy (non-hydrogen) atoms. The van der Waals surface area contributed by atoms with Crippen molar-refractivity contribution in [3.05, 3.63) is 0 Å². The smallest absolute Gasteiger partial charge is 0.342 e. The zero-order valence-electron chi connectivity index (χ0n) is 11.4. The molecule has 0 aromatic heterocycles. The summed E-state index contributed by atoms with van der Waals surface area (Å²) in [6.45, 7) is 1.75. The van der Waals surface area contributed by atoms with E-state index in [-0.39, 0.29) is 12.5 Å². The summed E-state index contributed by atoms with van der Waals surface area (Å²) in [6.07, 6.45) is -0.283. The predicted molar refractivity (Wildman–Crippen MR) is 67.4 cm³/mol. The van der Waals surface area contributed by atoms with E-state index in [9.17, 15) is 18.0 Å². The lowest BCUT2D eigenvalue weighted by Gasteiger charge is -2.27. The summed E-state index contributed by atoms with van der Waals surface area (Å²) < 4.78 is 38.1. The standard InChI is InChI=1S/C13H23F3N2O/c1-2-3-10-4-5-12(19)18(7-6-10)9-11(8-17)13(14,15)16/h10-11H,2-9,17H2,1H3. The molecule has 0 aromatic rings. The van der Waals surface area contributed by atoms with Crippen molar-refractivity contribution in [2.45, 2.75) is 45.2 Å². The molecule has 1 aliphatic rings. The van der Waals surface area contributed by atoms with Gasteiger partial charge in [0.2, 0.25) is 5.91 Å². The maximum Gasteiger partial charge on any atom is 0.394 e. The van der Waals surface area contributed by atoms with Gasteiger partial charge in [0.1, 0.15) is 0 Å². The number of rotatable bonds is 5. The van der Waals surface area contributed by atoms with Crippen LogP contribution in [0.4, 0.5) is 13.2 Å². The average molecular weight is 280 g/mol. The molecule has 0 radical (unpaired) electrons. The maximum atomic E-state index is 12.7. The summed E-state index contributed by atoms with van der Waals surface area (Å²) in [6, 6.07) is 0. The van der Waals surface area contributed by atoms with E-state index in [2.05, 4.69) is 6.92 Å². The first kappa shape index (κ1) is 16.3. The van der Waals surface area contributed by atoms with Crippen molar-refractivity contribution in [1.29, 1.82) is 0 Å². The lowest BCUT2D eigenvalue weighted by atomic mass is 9.96. The van der Waals surface area contributed by atoms with E-state index in [4.69, 9.17) is 5.73 Å². The summed E-state index contributed by atoms with van der Waals surface area (Å²) in [5.41, 5.74) is 5.18. The molecule has 6 heteroatoms. The fourth-order valence-corrected chi connectivity index (χ4v) is 2.56. The maximum absolute atomic E-state index is 12.7. The SMILES string of the molecule is CCCC1CCC(=O)N(CC(CN)C(F)(F)F)CC1. The minimum Gasteiger partial charge on any atom is -0.342 e. The Morgan fingerprint density at radius 2 is 2.11 bits per heavy atom. The fourth-order valence-electron chi connectivity index (χ4n) is 2.56. The highest BCUT2D eigenvalue weighted by Crippen LogP contribution is 2.28. The zero-order chi connectivity index (χ0) is 14.5. The Balaban J connectivity index is 2.59. The molecule has 0 bridgehead atoms.